The van der Waals surface area contributed by atoms with E-state index in [1.54, 1.807) is 14.2 Å². The summed E-state index contributed by atoms with van der Waals surface area (Å²) in [5.74, 6) is 4.00. The molecule has 2 unspecified atom stereocenters. The zero-order chi connectivity index (χ0) is 22.4. The van der Waals surface area contributed by atoms with Crippen molar-refractivity contribution in [3.05, 3.63) is 23.3 Å². The fourth-order valence-corrected chi connectivity index (χ4v) is 4.86. The normalized spacial score (nSPS) is 20.8. The number of hydrogen-bond donors (Lipinski definition) is 1. The van der Waals surface area contributed by atoms with Gasteiger partial charge >= 0.3 is 0 Å². The van der Waals surface area contributed by atoms with Gasteiger partial charge in [0, 0.05) is 46.2 Å². The van der Waals surface area contributed by atoms with Crippen LogP contribution in [0.1, 0.15) is 44.2 Å². The molecular formula is C24H39IN4O3. The standard InChI is InChI=1S/C24H38N4O3.HI/c1-17-11-18(2)15-28(14-17)24(25-3)26-9-6-7-23(29)27-10-8-19-12-21(30-4)22(31-5)13-20(19)16-27;/h12-13,17-18H,6-11,14-16H2,1-5H3,(H,25,26);1H. The van der Waals surface area contributed by atoms with Crippen LogP contribution in [0, 0.1) is 11.8 Å². The highest BCUT2D eigenvalue weighted by atomic mass is 127. The van der Waals surface area contributed by atoms with Crippen molar-refractivity contribution >= 4 is 35.8 Å². The Labute approximate surface area is 209 Å². The largest absolute Gasteiger partial charge is 0.493 e. The number of aliphatic imine (C=N–C) groups is 1. The SMILES string of the molecule is CN=C(NCCCC(=O)N1CCc2cc(OC)c(OC)cc2C1)N1CC(C)CC(C)C1.I. The lowest BCUT2D eigenvalue weighted by Crippen LogP contribution is -2.48. The number of halogens is 1. The number of piperidine rings is 1. The number of fused-ring (bicyclic) bond motifs is 1. The van der Waals surface area contributed by atoms with Crippen LogP contribution in [-0.4, -0.2) is 69.1 Å². The molecule has 1 amide bonds. The molecule has 180 valence electrons. The maximum atomic E-state index is 12.8. The van der Waals surface area contributed by atoms with Crippen molar-refractivity contribution in [3.8, 4) is 11.5 Å². The number of ether oxygens (including phenoxy) is 2. The van der Waals surface area contributed by atoms with Gasteiger partial charge in [-0.2, -0.15) is 0 Å². The van der Waals surface area contributed by atoms with Gasteiger partial charge in [0.05, 0.1) is 14.2 Å². The summed E-state index contributed by atoms with van der Waals surface area (Å²) in [7, 11) is 5.13. The second-order valence-electron chi connectivity index (χ2n) is 8.97. The molecule has 1 aromatic rings. The molecule has 8 heteroatoms. The average molecular weight is 559 g/mol. The van der Waals surface area contributed by atoms with E-state index in [1.165, 1.54) is 12.0 Å². The first-order valence-electron chi connectivity index (χ1n) is 11.4. The summed E-state index contributed by atoms with van der Waals surface area (Å²) in [4.78, 5) is 21.6. The molecule has 3 rings (SSSR count). The Morgan fingerprint density at radius 1 is 1.09 bits per heavy atom. The summed E-state index contributed by atoms with van der Waals surface area (Å²) >= 11 is 0. The monoisotopic (exact) mass is 558 g/mol. The van der Waals surface area contributed by atoms with Crippen molar-refractivity contribution in [2.75, 3.05) is 47.4 Å². The van der Waals surface area contributed by atoms with Gasteiger partial charge in [-0.25, -0.2) is 0 Å². The highest BCUT2D eigenvalue weighted by Gasteiger charge is 2.25. The van der Waals surface area contributed by atoms with Crippen molar-refractivity contribution in [2.45, 2.75) is 46.1 Å². The summed E-state index contributed by atoms with van der Waals surface area (Å²) in [6.07, 6.45) is 3.46. The van der Waals surface area contributed by atoms with E-state index in [9.17, 15) is 4.79 Å². The van der Waals surface area contributed by atoms with Crippen molar-refractivity contribution < 1.29 is 14.3 Å². The van der Waals surface area contributed by atoms with Gasteiger partial charge in [-0.05, 0) is 54.4 Å². The third kappa shape index (κ3) is 6.65. The number of guanidine groups is 1. The summed E-state index contributed by atoms with van der Waals surface area (Å²) in [6, 6.07) is 4.04. The molecule has 0 aromatic heterocycles. The van der Waals surface area contributed by atoms with Gasteiger partial charge in [0.1, 0.15) is 0 Å². The number of rotatable bonds is 6. The maximum Gasteiger partial charge on any atom is 0.222 e. The number of nitrogens with one attached hydrogen (secondary N) is 1. The molecule has 1 saturated heterocycles. The van der Waals surface area contributed by atoms with Crippen LogP contribution in [0.25, 0.3) is 0 Å². The molecule has 1 fully saturated rings. The van der Waals surface area contributed by atoms with Gasteiger partial charge in [0.2, 0.25) is 5.91 Å². The number of amides is 1. The molecule has 0 bridgehead atoms. The van der Waals surface area contributed by atoms with E-state index >= 15 is 0 Å². The van der Waals surface area contributed by atoms with E-state index in [2.05, 4.69) is 29.1 Å². The van der Waals surface area contributed by atoms with Gasteiger partial charge in [-0.15, -0.1) is 24.0 Å². The topological polar surface area (TPSA) is 66.4 Å². The first-order valence-corrected chi connectivity index (χ1v) is 11.4. The van der Waals surface area contributed by atoms with Crippen LogP contribution >= 0.6 is 24.0 Å². The molecule has 7 nitrogen and oxygen atoms in total. The molecule has 32 heavy (non-hydrogen) atoms. The molecule has 2 aliphatic rings. The van der Waals surface area contributed by atoms with Crippen LogP contribution in [0.5, 0.6) is 11.5 Å². The lowest BCUT2D eigenvalue weighted by Gasteiger charge is -2.37. The number of methoxy groups -OCH3 is 2. The smallest absolute Gasteiger partial charge is 0.222 e. The number of carbonyl (C=O) groups is 1. The predicted molar refractivity (Wildman–Crippen MR) is 139 cm³/mol. The average Bonchev–Trinajstić information content (AvgIpc) is 2.76. The zero-order valence-corrected chi connectivity index (χ0v) is 22.5. The second-order valence-corrected chi connectivity index (χ2v) is 8.97. The van der Waals surface area contributed by atoms with Gasteiger partial charge in [-0.1, -0.05) is 13.8 Å². The van der Waals surface area contributed by atoms with E-state index in [1.807, 2.05) is 24.1 Å². The van der Waals surface area contributed by atoms with Crippen LogP contribution in [-0.2, 0) is 17.8 Å². The zero-order valence-electron chi connectivity index (χ0n) is 20.1. The fourth-order valence-electron chi connectivity index (χ4n) is 4.86. The minimum Gasteiger partial charge on any atom is -0.493 e. The highest BCUT2D eigenvalue weighted by molar-refractivity contribution is 14.0. The number of likely N-dealkylation sites (tertiary alicyclic amines) is 1. The number of hydrogen-bond acceptors (Lipinski definition) is 4. The van der Waals surface area contributed by atoms with E-state index in [4.69, 9.17) is 9.47 Å². The van der Waals surface area contributed by atoms with Crippen LogP contribution in [0.15, 0.2) is 17.1 Å². The van der Waals surface area contributed by atoms with Gasteiger partial charge in [-0.3, -0.25) is 9.79 Å². The van der Waals surface area contributed by atoms with Crippen molar-refractivity contribution in [1.29, 1.82) is 0 Å². The van der Waals surface area contributed by atoms with Gasteiger partial charge in [0.15, 0.2) is 17.5 Å². The van der Waals surface area contributed by atoms with Gasteiger partial charge in [0.25, 0.3) is 0 Å². The summed E-state index contributed by atoms with van der Waals surface area (Å²) in [5, 5.41) is 3.46. The lowest BCUT2D eigenvalue weighted by molar-refractivity contribution is -0.132. The quantitative estimate of drug-likeness (QED) is 0.251. The van der Waals surface area contributed by atoms with Crippen LogP contribution < -0.4 is 14.8 Å². The minimum absolute atomic E-state index is 0. The first-order chi connectivity index (χ1) is 14.9. The Morgan fingerprint density at radius 3 is 2.31 bits per heavy atom. The number of nitrogens with zero attached hydrogens (tertiary/aromatic N) is 3. The lowest BCUT2D eigenvalue weighted by atomic mass is 9.92. The summed E-state index contributed by atoms with van der Waals surface area (Å²) in [6.45, 7) is 8.84. The Balaban J connectivity index is 0.00000363. The third-order valence-electron chi connectivity index (χ3n) is 6.30. The molecule has 1 aromatic carbocycles. The Kier molecular flexibility index (Phi) is 10.4. The van der Waals surface area contributed by atoms with E-state index in [0.29, 0.717) is 30.6 Å². The van der Waals surface area contributed by atoms with Crippen LogP contribution in [0.3, 0.4) is 0 Å². The van der Waals surface area contributed by atoms with Crippen LogP contribution in [0.2, 0.25) is 0 Å². The van der Waals surface area contributed by atoms with E-state index in [0.717, 1.165) is 56.3 Å². The van der Waals surface area contributed by atoms with Crippen molar-refractivity contribution in [2.24, 2.45) is 16.8 Å². The summed E-state index contributed by atoms with van der Waals surface area (Å²) < 4.78 is 10.8. The van der Waals surface area contributed by atoms with Crippen molar-refractivity contribution in [3.63, 3.8) is 0 Å². The second kappa shape index (κ2) is 12.5. The minimum atomic E-state index is 0. The third-order valence-corrected chi connectivity index (χ3v) is 6.30. The molecule has 0 radical (unpaired) electrons. The van der Waals surface area contributed by atoms with E-state index in [-0.39, 0.29) is 29.9 Å². The van der Waals surface area contributed by atoms with Crippen molar-refractivity contribution in [1.82, 2.24) is 15.1 Å². The van der Waals surface area contributed by atoms with Gasteiger partial charge < -0.3 is 24.6 Å². The molecule has 2 atom stereocenters. The molecule has 0 spiro atoms. The van der Waals surface area contributed by atoms with Crippen LogP contribution in [0.4, 0.5) is 0 Å². The number of carbonyl (C=O) groups excluding carboxylic acids is 1. The number of benzene rings is 1. The first kappa shape index (κ1) is 26.5. The Morgan fingerprint density at radius 2 is 1.72 bits per heavy atom. The Bertz CT molecular complexity index is 792. The molecule has 1 N–H and O–H groups in total. The molecule has 0 aliphatic carbocycles. The Hall–Kier alpha value is -1.71. The van der Waals surface area contributed by atoms with E-state index < -0.39 is 0 Å². The maximum absolute atomic E-state index is 12.8. The molecule has 2 aliphatic heterocycles. The highest BCUT2D eigenvalue weighted by Crippen LogP contribution is 2.33. The fraction of sp³-hybridized carbons (Fsp3) is 0.667. The summed E-state index contributed by atoms with van der Waals surface area (Å²) in [5.41, 5.74) is 2.38. The predicted octanol–water partition coefficient (Wildman–Crippen LogP) is 3.54. The molecule has 0 saturated carbocycles. The molecular weight excluding hydrogens is 519 g/mol. The molecule has 2 heterocycles.